The third-order valence-corrected chi connectivity index (χ3v) is 10.7. The predicted molar refractivity (Wildman–Crippen MR) is 127 cm³/mol. The van der Waals surface area contributed by atoms with Crippen LogP contribution in [0.2, 0.25) is 0 Å². The second-order valence-corrected chi connectivity index (χ2v) is 11.9. The molecule has 3 fully saturated rings. The number of allylic oxidation sites excluding steroid dienone is 1. The predicted octanol–water partition coefficient (Wildman–Crippen LogP) is 5.82. The van der Waals surface area contributed by atoms with Crippen molar-refractivity contribution in [3.05, 3.63) is 47.0 Å². The summed E-state index contributed by atoms with van der Waals surface area (Å²) in [7, 11) is 0. The van der Waals surface area contributed by atoms with Gasteiger partial charge in [0.15, 0.2) is 5.78 Å². The van der Waals surface area contributed by atoms with Crippen LogP contribution in [0.4, 0.5) is 0 Å². The standard InChI is InChI=1S/C29H35NO3/c1-28-15-12-25-23(9-7-19-17-20(31)11-14-29(19,25)2)24(28)10-8-18(28)13-16-30-26(32)21-5-3-4-6-22(21)27(30)33/h3-6,17-18,23-25H,7-16H2,1-2H3. The minimum absolute atomic E-state index is 0.120. The molecule has 5 aliphatic rings. The second kappa shape index (κ2) is 7.38. The van der Waals surface area contributed by atoms with E-state index in [1.807, 2.05) is 18.2 Å². The minimum Gasteiger partial charge on any atom is -0.295 e. The Morgan fingerprint density at radius 2 is 1.61 bits per heavy atom. The maximum atomic E-state index is 12.8. The van der Waals surface area contributed by atoms with E-state index in [0.29, 0.717) is 47.1 Å². The van der Waals surface area contributed by atoms with Gasteiger partial charge in [0, 0.05) is 13.0 Å². The van der Waals surface area contributed by atoms with Gasteiger partial charge in [0.05, 0.1) is 11.1 Å². The average Bonchev–Trinajstić information content (AvgIpc) is 3.27. The van der Waals surface area contributed by atoms with Crippen LogP contribution in [0, 0.1) is 34.5 Å². The summed E-state index contributed by atoms with van der Waals surface area (Å²) in [5.74, 6) is 2.86. The first-order chi connectivity index (χ1) is 15.8. The monoisotopic (exact) mass is 445 g/mol. The number of hydrogen-bond donors (Lipinski definition) is 0. The van der Waals surface area contributed by atoms with Crippen molar-refractivity contribution in [1.29, 1.82) is 0 Å². The van der Waals surface area contributed by atoms with E-state index in [0.717, 1.165) is 31.1 Å². The molecule has 1 aromatic carbocycles. The molecular formula is C29H35NO3. The van der Waals surface area contributed by atoms with Gasteiger partial charge >= 0.3 is 0 Å². The third kappa shape index (κ3) is 2.98. The van der Waals surface area contributed by atoms with E-state index in [9.17, 15) is 14.4 Å². The summed E-state index contributed by atoms with van der Waals surface area (Å²) in [4.78, 5) is 39.2. The highest BCUT2D eigenvalue weighted by molar-refractivity contribution is 6.21. The van der Waals surface area contributed by atoms with Gasteiger partial charge in [0.2, 0.25) is 0 Å². The number of imide groups is 1. The smallest absolute Gasteiger partial charge is 0.261 e. The van der Waals surface area contributed by atoms with Crippen LogP contribution in [-0.4, -0.2) is 29.0 Å². The van der Waals surface area contributed by atoms with Gasteiger partial charge in [-0.05, 0) is 104 Å². The number of fused-ring (bicyclic) bond motifs is 6. The van der Waals surface area contributed by atoms with Crippen molar-refractivity contribution in [2.24, 2.45) is 34.5 Å². The number of benzene rings is 1. The lowest BCUT2D eigenvalue weighted by atomic mass is 9.47. The quantitative estimate of drug-likeness (QED) is 0.551. The van der Waals surface area contributed by atoms with E-state index in [1.54, 1.807) is 12.1 Å². The molecule has 0 aromatic heterocycles. The maximum Gasteiger partial charge on any atom is 0.261 e. The Bertz CT molecular complexity index is 1040. The summed E-state index contributed by atoms with van der Waals surface area (Å²) in [6.45, 7) is 5.49. The highest BCUT2D eigenvalue weighted by Gasteiger charge is 2.58. The molecule has 1 heterocycles. The zero-order chi connectivity index (χ0) is 23.0. The highest BCUT2D eigenvalue weighted by atomic mass is 16.2. The van der Waals surface area contributed by atoms with E-state index in [4.69, 9.17) is 0 Å². The first-order valence-electron chi connectivity index (χ1n) is 13.0. The van der Waals surface area contributed by atoms with Crippen molar-refractivity contribution in [2.75, 3.05) is 6.54 Å². The molecule has 0 bridgehead atoms. The summed E-state index contributed by atoms with van der Waals surface area (Å²) < 4.78 is 0. The lowest BCUT2D eigenvalue weighted by Crippen LogP contribution is -2.50. The fourth-order valence-corrected chi connectivity index (χ4v) is 8.87. The summed E-state index contributed by atoms with van der Waals surface area (Å²) in [6, 6.07) is 7.22. The average molecular weight is 446 g/mol. The van der Waals surface area contributed by atoms with E-state index in [-0.39, 0.29) is 17.2 Å². The van der Waals surface area contributed by atoms with Crippen LogP contribution >= 0.6 is 0 Å². The van der Waals surface area contributed by atoms with Crippen LogP contribution in [0.1, 0.15) is 92.4 Å². The fourth-order valence-electron chi connectivity index (χ4n) is 8.87. The van der Waals surface area contributed by atoms with Crippen molar-refractivity contribution in [2.45, 2.75) is 71.6 Å². The first kappa shape index (κ1) is 21.3. The van der Waals surface area contributed by atoms with Crippen LogP contribution in [-0.2, 0) is 4.79 Å². The molecule has 4 aliphatic carbocycles. The molecule has 174 valence electrons. The van der Waals surface area contributed by atoms with Crippen LogP contribution in [0.5, 0.6) is 0 Å². The first-order valence-corrected chi connectivity index (χ1v) is 13.0. The summed E-state index contributed by atoms with van der Waals surface area (Å²) in [5.41, 5.74) is 3.08. The molecule has 6 atom stereocenters. The fraction of sp³-hybridized carbons (Fsp3) is 0.621. The Labute approximate surface area is 196 Å². The molecule has 0 radical (unpaired) electrons. The van der Waals surface area contributed by atoms with Crippen molar-refractivity contribution in [3.8, 4) is 0 Å². The van der Waals surface area contributed by atoms with Gasteiger partial charge in [0.25, 0.3) is 11.8 Å². The van der Waals surface area contributed by atoms with Gasteiger partial charge in [-0.15, -0.1) is 0 Å². The summed E-state index contributed by atoms with van der Waals surface area (Å²) in [6.07, 6.45) is 12.0. The Hall–Kier alpha value is -2.23. The molecule has 6 rings (SSSR count). The van der Waals surface area contributed by atoms with Crippen molar-refractivity contribution in [1.82, 2.24) is 4.90 Å². The van der Waals surface area contributed by atoms with E-state index in [1.165, 1.54) is 42.6 Å². The zero-order valence-electron chi connectivity index (χ0n) is 19.9. The van der Waals surface area contributed by atoms with Crippen LogP contribution in [0.25, 0.3) is 0 Å². The lowest BCUT2D eigenvalue weighted by molar-refractivity contribution is -0.117. The lowest BCUT2D eigenvalue weighted by Gasteiger charge is -2.58. The molecule has 4 nitrogen and oxygen atoms in total. The largest absolute Gasteiger partial charge is 0.295 e. The number of carbonyl (C=O) groups is 3. The zero-order valence-corrected chi connectivity index (χ0v) is 19.9. The van der Waals surface area contributed by atoms with Gasteiger partial charge in [-0.1, -0.05) is 31.6 Å². The van der Waals surface area contributed by atoms with Gasteiger partial charge in [-0.2, -0.15) is 0 Å². The minimum atomic E-state index is -0.120. The number of ketones is 1. The molecule has 6 unspecified atom stereocenters. The van der Waals surface area contributed by atoms with E-state index in [2.05, 4.69) is 13.8 Å². The van der Waals surface area contributed by atoms with Crippen molar-refractivity contribution < 1.29 is 14.4 Å². The molecule has 0 spiro atoms. The van der Waals surface area contributed by atoms with Crippen LogP contribution in [0.15, 0.2) is 35.9 Å². The Morgan fingerprint density at radius 3 is 2.33 bits per heavy atom. The molecule has 3 saturated carbocycles. The topological polar surface area (TPSA) is 54.5 Å². The SMILES string of the molecule is CC12CCC(=O)C=C1CCC1C2CCC2(C)C(CCN3C(=O)c4ccccc4C3=O)CCC12. The van der Waals surface area contributed by atoms with Crippen molar-refractivity contribution >= 4 is 17.6 Å². The summed E-state index contributed by atoms with van der Waals surface area (Å²) in [5, 5.41) is 0. The van der Waals surface area contributed by atoms with Gasteiger partial charge < -0.3 is 0 Å². The Morgan fingerprint density at radius 1 is 0.879 bits per heavy atom. The van der Waals surface area contributed by atoms with E-state index < -0.39 is 0 Å². The number of nitrogens with zero attached hydrogens (tertiary/aromatic N) is 1. The molecular weight excluding hydrogens is 410 g/mol. The second-order valence-electron chi connectivity index (χ2n) is 11.9. The van der Waals surface area contributed by atoms with Crippen molar-refractivity contribution in [3.63, 3.8) is 0 Å². The number of carbonyl (C=O) groups excluding carboxylic acids is 3. The molecule has 2 amide bonds. The Balaban J connectivity index is 1.18. The van der Waals surface area contributed by atoms with Gasteiger partial charge in [-0.3, -0.25) is 19.3 Å². The molecule has 4 heteroatoms. The molecule has 0 saturated heterocycles. The molecule has 33 heavy (non-hydrogen) atoms. The molecule has 1 aromatic rings. The third-order valence-electron chi connectivity index (χ3n) is 10.7. The maximum absolute atomic E-state index is 12.8. The number of amides is 2. The molecule has 0 N–H and O–H groups in total. The van der Waals surface area contributed by atoms with E-state index >= 15 is 0 Å². The van der Waals surface area contributed by atoms with Gasteiger partial charge in [0.1, 0.15) is 0 Å². The van der Waals surface area contributed by atoms with Crippen LogP contribution < -0.4 is 0 Å². The highest BCUT2D eigenvalue weighted by Crippen LogP contribution is 2.67. The normalized spacial score (nSPS) is 39.6. The number of rotatable bonds is 3. The summed E-state index contributed by atoms with van der Waals surface area (Å²) >= 11 is 0. The number of hydrogen-bond acceptors (Lipinski definition) is 3. The Kier molecular flexibility index (Phi) is 4.77. The van der Waals surface area contributed by atoms with Gasteiger partial charge in [-0.25, -0.2) is 0 Å². The van der Waals surface area contributed by atoms with Crippen LogP contribution in [0.3, 0.4) is 0 Å². The molecule has 1 aliphatic heterocycles.